The molecule has 0 atom stereocenters. The Morgan fingerprint density at radius 2 is 1.92 bits per heavy atom. The first-order chi connectivity index (χ1) is 12.1. The lowest BCUT2D eigenvalue weighted by Gasteiger charge is -2.02. The summed E-state index contributed by atoms with van der Waals surface area (Å²) in [5.41, 5.74) is 3.09. The Hall–Kier alpha value is -3.09. The van der Waals surface area contributed by atoms with Crippen LogP contribution in [0, 0.1) is 13.8 Å². The summed E-state index contributed by atoms with van der Waals surface area (Å²) < 4.78 is 15.5. The van der Waals surface area contributed by atoms with Crippen molar-refractivity contribution < 1.29 is 18.6 Å². The number of hydrogen-bond donors (Lipinski definition) is 1. The molecule has 0 spiro atoms. The van der Waals surface area contributed by atoms with Crippen molar-refractivity contribution in [3.05, 3.63) is 53.0 Å². The predicted octanol–water partition coefficient (Wildman–Crippen LogP) is 2.81. The lowest BCUT2D eigenvalue weighted by atomic mass is 10.1. The van der Waals surface area contributed by atoms with Crippen molar-refractivity contribution in [1.82, 2.24) is 15.6 Å². The maximum atomic E-state index is 12.1. The molecule has 0 saturated heterocycles. The van der Waals surface area contributed by atoms with E-state index in [2.05, 4.69) is 15.6 Å². The molecule has 0 aliphatic carbocycles. The number of methoxy groups -OCH3 is 1. The summed E-state index contributed by atoms with van der Waals surface area (Å²) in [7, 11) is 1.62. The summed E-state index contributed by atoms with van der Waals surface area (Å²) in [4.78, 5) is 12.1. The lowest BCUT2D eigenvalue weighted by Crippen LogP contribution is -2.25. The van der Waals surface area contributed by atoms with E-state index in [1.165, 1.54) is 0 Å². The highest BCUT2D eigenvalue weighted by Gasteiger charge is 2.14. The zero-order valence-corrected chi connectivity index (χ0v) is 14.3. The summed E-state index contributed by atoms with van der Waals surface area (Å²) in [6.45, 7) is 3.90. The van der Waals surface area contributed by atoms with Crippen LogP contribution < -0.4 is 10.1 Å². The fourth-order valence-corrected chi connectivity index (χ4v) is 2.45. The molecule has 0 aliphatic heterocycles. The monoisotopic (exact) mass is 341 g/mol. The van der Waals surface area contributed by atoms with Gasteiger partial charge in [-0.25, -0.2) is 0 Å². The molecule has 0 aliphatic rings. The van der Waals surface area contributed by atoms with Gasteiger partial charge in [0.15, 0.2) is 5.76 Å². The Labute approximate surface area is 144 Å². The number of nitrogens with zero attached hydrogens (tertiary/aromatic N) is 2. The minimum Gasteiger partial charge on any atom is -0.497 e. The lowest BCUT2D eigenvalue weighted by molar-refractivity contribution is -0.120. The third kappa shape index (κ3) is 3.88. The summed E-state index contributed by atoms with van der Waals surface area (Å²) in [5, 5.41) is 10.7. The minimum atomic E-state index is -0.122. The molecular weight excluding hydrogens is 322 g/mol. The van der Waals surface area contributed by atoms with Crippen molar-refractivity contribution in [2.75, 3.05) is 7.11 Å². The van der Waals surface area contributed by atoms with Crippen molar-refractivity contribution in [3.8, 4) is 17.1 Å². The highest BCUT2D eigenvalue weighted by Crippen LogP contribution is 2.23. The Morgan fingerprint density at radius 3 is 2.56 bits per heavy atom. The topological polar surface area (TPSA) is 90.4 Å². The molecule has 7 nitrogen and oxygen atoms in total. The van der Waals surface area contributed by atoms with Gasteiger partial charge in [0.05, 0.1) is 25.8 Å². The van der Waals surface area contributed by atoms with Crippen LogP contribution in [0.25, 0.3) is 11.3 Å². The Kier molecular flexibility index (Phi) is 4.83. The normalized spacial score (nSPS) is 10.7. The van der Waals surface area contributed by atoms with Crippen LogP contribution in [-0.4, -0.2) is 23.3 Å². The van der Waals surface area contributed by atoms with E-state index in [1.807, 2.05) is 31.2 Å². The van der Waals surface area contributed by atoms with Crippen molar-refractivity contribution in [3.63, 3.8) is 0 Å². The summed E-state index contributed by atoms with van der Waals surface area (Å²) >= 11 is 0. The van der Waals surface area contributed by atoms with E-state index in [4.69, 9.17) is 13.8 Å². The predicted molar refractivity (Wildman–Crippen MR) is 90.0 cm³/mol. The van der Waals surface area contributed by atoms with E-state index >= 15 is 0 Å². The second-order valence-corrected chi connectivity index (χ2v) is 5.67. The Balaban J connectivity index is 1.58. The van der Waals surface area contributed by atoms with Crippen LogP contribution in [0.15, 0.2) is 39.4 Å². The summed E-state index contributed by atoms with van der Waals surface area (Å²) in [5.74, 6) is 1.95. The number of benzene rings is 1. The number of carbonyl (C=O) groups excluding carboxylic acids is 1. The van der Waals surface area contributed by atoms with E-state index in [0.29, 0.717) is 23.8 Å². The zero-order valence-electron chi connectivity index (χ0n) is 14.3. The van der Waals surface area contributed by atoms with Gasteiger partial charge >= 0.3 is 0 Å². The number of aryl methyl sites for hydroxylation is 2. The van der Waals surface area contributed by atoms with Crippen molar-refractivity contribution in [1.29, 1.82) is 0 Å². The highest BCUT2D eigenvalue weighted by atomic mass is 16.5. The van der Waals surface area contributed by atoms with E-state index in [1.54, 1.807) is 20.1 Å². The number of nitrogens with one attached hydrogen (secondary N) is 1. The number of rotatable bonds is 6. The molecule has 0 saturated carbocycles. The van der Waals surface area contributed by atoms with Crippen LogP contribution in [0.2, 0.25) is 0 Å². The second kappa shape index (κ2) is 7.21. The summed E-state index contributed by atoms with van der Waals surface area (Å²) in [6, 6.07) is 9.28. The van der Waals surface area contributed by atoms with E-state index in [9.17, 15) is 4.79 Å². The van der Waals surface area contributed by atoms with Gasteiger partial charge in [-0.2, -0.15) is 0 Å². The van der Waals surface area contributed by atoms with Gasteiger partial charge in [-0.3, -0.25) is 4.79 Å². The molecule has 0 bridgehead atoms. The van der Waals surface area contributed by atoms with E-state index < -0.39 is 0 Å². The molecule has 3 aromatic rings. The fraction of sp³-hybridized carbons (Fsp3) is 0.278. The molecule has 130 valence electrons. The molecule has 2 heterocycles. The number of ether oxygens (including phenoxy) is 1. The largest absolute Gasteiger partial charge is 0.497 e. The van der Waals surface area contributed by atoms with Crippen molar-refractivity contribution >= 4 is 5.91 Å². The van der Waals surface area contributed by atoms with Gasteiger partial charge in [0.25, 0.3) is 0 Å². The quantitative estimate of drug-likeness (QED) is 0.741. The molecule has 25 heavy (non-hydrogen) atoms. The average molecular weight is 341 g/mol. The number of aromatic nitrogens is 2. The van der Waals surface area contributed by atoms with Crippen LogP contribution in [-0.2, 0) is 17.8 Å². The first-order valence-electron chi connectivity index (χ1n) is 7.85. The molecule has 3 rings (SSSR count). The van der Waals surface area contributed by atoms with Gasteiger partial charge < -0.3 is 19.1 Å². The van der Waals surface area contributed by atoms with Gasteiger partial charge in [0.1, 0.15) is 17.2 Å². The first-order valence-corrected chi connectivity index (χ1v) is 7.85. The highest BCUT2D eigenvalue weighted by molar-refractivity contribution is 5.79. The third-order valence-electron chi connectivity index (χ3n) is 3.92. The molecule has 0 radical (unpaired) electrons. The second-order valence-electron chi connectivity index (χ2n) is 5.67. The standard InChI is InChI=1S/C18H19N3O4/c1-11-16(12(2)24-20-11)9-18(22)19-10-14-8-17(25-21-14)13-4-6-15(23-3)7-5-13/h4-8H,9-10H2,1-3H3,(H,19,22). The smallest absolute Gasteiger partial charge is 0.224 e. The van der Waals surface area contributed by atoms with Crippen LogP contribution >= 0.6 is 0 Å². The number of hydrogen-bond acceptors (Lipinski definition) is 6. The molecule has 7 heteroatoms. The zero-order chi connectivity index (χ0) is 17.8. The molecular formula is C18H19N3O4. The minimum absolute atomic E-state index is 0.122. The number of amides is 1. The molecule has 2 aromatic heterocycles. The van der Waals surface area contributed by atoms with Gasteiger partial charge in [-0.05, 0) is 38.1 Å². The molecule has 1 amide bonds. The molecule has 1 N–H and O–H groups in total. The molecule has 0 unspecified atom stereocenters. The Bertz CT molecular complexity index is 845. The van der Waals surface area contributed by atoms with Crippen LogP contribution in [0.4, 0.5) is 0 Å². The SMILES string of the molecule is COc1ccc(-c2cc(CNC(=O)Cc3c(C)noc3C)no2)cc1. The fourth-order valence-electron chi connectivity index (χ4n) is 2.45. The van der Waals surface area contributed by atoms with Gasteiger partial charge in [0, 0.05) is 17.2 Å². The van der Waals surface area contributed by atoms with Crippen molar-refractivity contribution in [2.45, 2.75) is 26.8 Å². The maximum absolute atomic E-state index is 12.1. The van der Waals surface area contributed by atoms with Crippen LogP contribution in [0.3, 0.4) is 0 Å². The first kappa shape index (κ1) is 16.8. The summed E-state index contributed by atoms with van der Waals surface area (Å²) in [6.07, 6.45) is 0.227. The third-order valence-corrected chi connectivity index (χ3v) is 3.92. The number of carbonyl (C=O) groups is 1. The molecule has 1 aromatic carbocycles. The van der Waals surface area contributed by atoms with Gasteiger partial charge in [0.2, 0.25) is 5.91 Å². The van der Waals surface area contributed by atoms with Gasteiger partial charge in [-0.1, -0.05) is 10.3 Å². The van der Waals surface area contributed by atoms with Crippen molar-refractivity contribution in [2.24, 2.45) is 0 Å². The van der Waals surface area contributed by atoms with E-state index in [-0.39, 0.29) is 12.3 Å². The molecule has 0 fully saturated rings. The van der Waals surface area contributed by atoms with Crippen LogP contribution in [0.1, 0.15) is 22.7 Å². The average Bonchev–Trinajstić information content (AvgIpc) is 3.22. The van der Waals surface area contributed by atoms with E-state index in [0.717, 1.165) is 22.6 Å². The Morgan fingerprint density at radius 1 is 1.16 bits per heavy atom. The maximum Gasteiger partial charge on any atom is 0.224 e. The van der Waals surface area contributed by atoms with Gasteiger partial charge in [-0.15, -0.1) is 0 Å². The van der Waals surface area contributed by atoms with Crippen LogP contribution in [0.5, 0.6) is 5.75 Å².